The van der Waals surface area contributed by atoms with E-state index in [1.807, 2.05) is 0 Å². The fourth-order valence-corrected chi connectivity index (χ4v) is 0. The molecule has 0 radical (unpaired) electrons. The normalized spacial score (nSPS) is 2.32. The molecule has 0 saturated carbocycles. The van der Waals surface area contributed by atoms with E-state index in [0.29, 0.717) is 5.41 Å². The average molecular weight is 5230 g/mol. The van der Waals surface area contributed by atoms with Gasteiger partial charge in [-0.25, -0.2) is 0 Å². The molecule has 204 valence electrons. The molecule has 34 heavy (non-hydrogen) atoms. The van der Waals surface area contributed by atoms with E-state index in [2.05, 4.69) is 30.1 Å². The minimum absolute atomic E-state index is 0. The summed E-state index contributed by atoms with van der Waals surface area (Å²) in [7, 11) is 0. The maximum atomic E-state index is 4.58. The molecule has 0 bridgehead atoms. The molecule has 0 aliphatic heterocycles. The first kappa shape index (κ1) is 197. The van der Waals surface area contributed by atoms with E-state index in [1.54, 1.807) is 64.9 Å². The van der Waals surface area contributed by atoms with Gasteiger partial charge in [-0.15, -0.1) is 0 Å². The van der Waals surface area contributed by atoms with Crippen LogP contribution in [0.2, 0.25) is 0 Å². The van der Waals surface area contributed by atoms with Gasteiger partial charge in [-0.05, 0) is 0 Å². The number of rotatable bonds is 0. The molecule has 0 heterocycles. The van der Waals surface area contributed by atoms with Gasteiger partial charge >= 0.3 is 139 Å². The van der Waals surface area contributed by atoms with Crippen LogP contribution in [0.25, 0.3) is 0 Å². The van der Waals surface area contributed by atoms with Crippen molar-refractivity contribution in [1.29, 1.82) is 0 Å². The van der Waals surface area contributed by atoms with Gasteiger partial charge < -0.3 is 0 Å². The first-order valence-electron chi connectivity index (χ1n) is 2.52. The monoisotopic (exact) mass is 5230 g/mol. The summed E-state index contributed by atoms with van der Waals surface area (Å²) in [5.74, 6) is 0. The van der Waals surface area contributed by atoms with Crippen molar-refractivity contribution < 1.29 is 567 Å². The quantitative estimate of drug-likeness (QED) is 0.319. The van der Waals surface area contributed by atoms with Crippen molar-refractivity contribution in [1.82, 2.24) is 0 Å². The Morgan fingerprint density at radius 1 is 0.353 bits per heavy atom. The van der Waals surface area contributed by atoms with Gasteiger partial charge in [0.1, 0.15) is 0 Å². The fourth-order valence-electron chi connectivity index (χ4n) is 0. The average Bonchev–Trinajstić information content (AvgIpc) is 2.14. The molecule has 0 aromatic carbocycles. The molecule has 0 N–H and O–H groups in total. The Balaban J connectivity index is -0.000000000908. The van der Waals surface area contributed by atoms with Gasteiger partial charge in [0.05, 0.1) is 0 Å². The van der Waals surface area contributed by atoms with Crippen molar-refractivity contribution in [3.05, 3.63) is 0 Å². The molecule has 0 aromatic rings. The van der Waals surface area contributed by atoms with Crippen molar-refractivity contribution in [3.63, 3.8) is 0 Å². The van der Waals surface area contributed by atoms with Crippen molar-refractivity contribution in [2.75, 3.05) is 0 Å². The molecule has 0 fully saturated rings. The molecule has 0 spiro atoms. The van der Waals surface area contributed by atoms with E-state index in [4.69, 9.17) is 0 Å². The Labute approximate surface area is 585 Å². The first-order chi connectivity index (χ1) is 5.56. The molecule has 0 rings (SSSR count). The van der Waals surface area contributed by atoms with Crippen LogP contribution in [-0.4, -0.2) is 9.30 Å². The van der Waals surface area contributed by atoms with Crippen LogP contribution in [-0.2, 0) is 567 Å². The van der Waals surface area contributed by atoms with E-state index in [1.165, 1.54) is 19.4 Å². The standard InChI is InChI=1S/C5H9.CH.28W/c1-5(2,3)4;;;;;;;;;;;;;;;;;;;;;;;;;;;;;/h1-3H3;1H;;;;;;;;;;;;;;;;;;;;;;;;;;;;/q2*-1;;;;;;;;;;;;;;;;;;;;;;;;;;;;. The van der Waals surface area contributed by atoms with Gasteiger partial charge in [-0.3, -0.25) is 0 Å². The van der Waals surface area contributed by atoms with Gasteiger partial charge in [-0.2, -0.15) is 0 Å². The Morgan fingerprint density at radius 3 is 0.382 bits per heavy atom. The Bertz CT molecular complexity index is 92.6. The SMILES string of the molecule is CC(C)(C)[C-]=[W].[CH-]=[W].[W].[W].[W].[W].[W].[W].[W].[W].[W].[W].[W].[W].[W].[W].[W].[W].[W].[W].[W].[W].[W].[W].[W]=[W].[W]=[W]. The molecule has 0 atom stereocenters. The summed E-state index contributed by atoms with van der Waals surface area (Å²) in [6, 6.07) is 0. The van der Waals surface area contributed by atoms with Crippen LogP contribution in [0.3, 0.4) is 0 Å². The zero-order valence-electron chi connectivity index (χ0n) is 16.0. The molecule has 28 heteroatoms. The van der Waals surface area contributed by atoms with E-state index in [-0.39, 0.29) is 463 Å². The second-order valence-corrected chi connectivity index (χ2v) is 3.09. The second kappa shape index (κ2) is 200. The Kier molecular flexibility index (Phi) is 1160. The Morgan fingerprint density at radius 2 is 0.382 bits per heavy atom. The summed E-state index contributed by atoms with van der Waals surface area (Å²) >= 11 is 9.19. The van der Waals surface area contributed by atoms with Crippen LogP contribution >= 0.6 is 0 Å². The summed E-state index contributed by atoms with van der Waals surface area (Å²) < 4.78 is 3.19. The summed E-state index contributed by atoms with van der Waals surface area (Å²) in [6.45, 7) is 6.46. The third-order valence-electron chi connectivity index (χ3n) is 0.306. The third kappa shape index (κ3) is 263. The van der Waals surface area contributed by atoms with Crippen LogP contribution in [0, 0.1) is 5.41 Å². The summed E-state index contributed by atoms with van der Waals surface area (Å²) in [6.07, 6.45) is 0. The van der Waals surface area contributed by atoms with Gasteiger partial charge in [0.2, 0.25) is 0 Å². The van der Waals surface area contributed by atoms with Crippen molar-refractivity contribution in [3.8, 4) is 0 Å². The van der Waals surface area contributed by atoms with Crippen molar-refractivity contribution in [2.24, 2.45) is 5.41 Å². The number of hydrogen-bond acceptors (Lipinski definition) is 0. The zero-order valence-corrected chi connectivity index (χ0v) is 98.1. The van der Waals surface area contributed by atoms with Crippen LogP contribution < -0.4 is 0 Å². The molecular formula is C6H10W28-2. The van der Waals surface area contributed by atoms with Crippen LogP contribution in [0.5, 0.6) is 0 Å². The molecule has 0 aliphatic rings. The second-order valence-electron chi connectivity index (χ2n) is 2.35. The summed E-state index contributed by atoms with van der Waals surface area (Å²) in [4.78, 5) is 4.58. The predicted octanol–water partition coefficient (Wildman–Crippen LogP) is 1.04. The summed E-state index contributed by atoms with van der Waals surface area (Å²) in [5, 5.41) is 0. The van der Waals surface area contributed by atoms with Gasteiger partial charge in [-0.1, -0.05) is 0 Å². The minimum atomic E-state index is 0. The maximum absolute atomic E-state index is 4.58. The number of hydrogen-bond donors (Lipinski definition) is 0. The van der Waals surface area contributed by atoms with Crippen LogP contribution in [0.4, 0.5) is 0 Å². The zero-order chi connectivity index (χ0) is 11.2. The predicted molar refractivity (Wildman–Crippen MR) is 30.5 cm³/mol. The first-order valence-corrected chi connectivity index (χ1v) is 27.7. The van der Waals surface area contributed by atoms with Crippen molar-refractivity contribution >= 4 is 9.30 Å². The molecule has 0 saturated heterocycles. The van der Waals surface area contributed by atoms with Gasteiger partial charge in [0.25, 0.3) is 0 Å². The topological polar surface area (TPSA) is 0 Å². The van der Waals surface area contributed by atoms with Crippen LogP contribution in [0.1, 0.15) is 20.8 Å². The molecule has 0 aromatic heterocycles. The van der Waals surface area contributed by atoms with E-state index in [9.17, 15) is 0 Å². The van der Waals surface area contributed by atoms with Gasteiger partial charge in [0.15, 0.2) is 0 Å². The van der Waals surface area contributed by atoms with Gasteiger partial charge in [0, 0.05) is 463 Å². The third-order valence-corrected chi connectivity index (χ3v) is 2.51. The Hall–Kier alpha value is 19.0. The molecule has 0 unspecified atom stereocenters. The van der Waals surface area contributed by atoms with E-state index in [0.717, 1.165) is 19.4 Å². The molecule has 0 amide bonds. The fraction of sp³-hybridized carbons (Fsp3) is 0.667. The molecular weight excluding hydrogens is 5220 g/mol. The van der Waals surface area contributed by atoms with E-state index < -0.39 is 0 Å². The molecule has 0 aliphatic carbocycles. The van der Waals surface area contributed by atoms with Crippen molar-refractivity contribution in [2.45, 2.75) is 20.8 Å². The molecule has 0 nitrogen and oxygen atoms in total. The van der Waals surface area contributed by atoms with Crippen LogP contribution in [0.15, 0.2) is 0 Å². The summed E-state index contributed by atoms with van der Waals surface area (Å²) in [5.41, 5.74) is 0.329. The van der Waals surface area contributed by atoms with E-state index >= 15 is 0 Å².